The topological polar surface area (TPSA) is 90.5 Å². The fraction of sp³-hybridized carbons (Fsp3) is 0.625. The number of carbonyl (C=O) groups is 1. The minimum absolute atomic E-state index is 0.161. The molecule has 1 aliphatic heterocycles. The molecule has 1 aromatic heterocycles. The molecule has 1 aliphatic rings. The van der Waals surface area contributed by atoms with Crippen LogP contribution < -0.4 is 16.2 Å². The van der Waals surface area contributed by atoms with Gasteiger partial charge in [-0.1, -0.05) is 19.9 Å². The highest BCUT2D eigenvalue weighted by Gasteiger charge is 2.32. The SMILES string of the molecule is CC(C)CCNC(=S)NNC(=O)C1CCN(S(=O)(=O)c2cccs2)CC1. The number of hydrogen-bond donors (Lipinski definition) is 3. The second-order valence-corrected chi connectivity index (χ2v) is 10.2. The van der Waals surface area contributed by atoms with E-state index in [1.54, 1.807) is 17.5 Å². The number of hydrazine groups is 1. The van der Waals surface area contributed by atoms with E-state index < -0.39 is 10.0 Å². The van der Waals surface area contributed by atoms with Crippen LogP contribution in [0.2, 0.25) is 0 Å². The zero-order valence-corrected chi connectivity index (χ0v) is 17.5. The lowest BCUT2D eigenvalue weighted by Gasteiger charge is -2.30. The Bertz CT molecular complexity index is 696. The third-order valence-electron chi connectivity index (χ3n) is 4.22. The highest BCUT2D eigenvalue weighted by Crippen LogP contribution is 2.26. The summed E-state index contributed by atoms with van der Waals surface area (Å²) in [5.74, 6) is 0.192. The Balaban J connectivity index is 1.74. The molecule has 0 saturated carbocycles. The molecule has 2 rings (SSSR count). The van der Waals surface area contributed by atoms with Gasteiger partial charge in [0.15, 0.2) is 5.11 Å². The molecule has 1 saturated heterocycles. The van der Waals surface area contributed by atoms with Crippen LogP contribution in [0.4, 0.5) is 0 Å². The van der Waals surface area contributed by atoms with Gasteiger partial charge < -0.3 is 5.32 Å². The van der Waals surface area contributed by atoms with Crippen molar-refractivity contribution < 1.29 is 13.2 Å². The predicted octanol–water partition coefficient (Wildman–Crippen LogP) is 1.69. The largest absolute Gasteiger partial charge is 0.361 e. The van der Waals surface area contributed by atoms with Crippen LogP contribution in [0.15, 0.2) is 21.7 Å². The zero-order chi connectivity index (χ0) is 19.2. The molecule has 1 amide bonds. The van der Waals surface area contributed by atoms with E-state index in [4.69, 9.17) is 12.2 Å². The smallest absolute Gasteiger partial charge is 0.252 e. The maximum Gasteiger partial charge on any atom is 0.252 e. The third kappa shape index (κ3) is 5.90. The number of nitrogens with zero attached hydrogens (tertiary/aromatic N) is 1. The first-order valence-electron chi connectivity index (χ1n) is 8.68. The monoisotopic (exact) mass is 418 g/mol. The van der Waals surface area contributed by atoms with Crippen molar-refractivity contribution >= 4 is 44.6 Å². The fourth-order valence-electron chi connectivity index (χ4n) is 2.63. The predicted molar refractivity (Wildman–Crippen MR) is 107 cm³/mol. The normalized spacial score (nSPS) is 16.4. The summed E-state index contributed by atoms with van der Waals surface area (Å²) in [4.78, 5) is 12.2. The van der Waals surface area contributed by atoms with E-state index in [1.165, 1.54) is 15.6 Å². The average Bonchev–Trinajstić information content (AvgIpc) is 3.15. The van der Waals surface area contributed by atoms with Gasteiger partial charge in [0.25, 0.3) is 10.0 Å². The second-order valence-electron chi connectivity index (χ2n) is 6.66. The zero-order valence-electron chi connectivity index (χ0n) is 15.0. The first kappa shape index (κ1) is 21.1. The van der Waals surface area contributed by atoms with Crippen molar-refractivity contribution in [1.29, 1.82) is 0 Å². The van der Waals surface area contributed by atoms with Gasteiger partial charge in [0.05, 0.1) is 0 Å². The maximum atomic E-state index is 12.5. The van der Waals surface area contributed by atoms with Gasteiger partial charge in [-0.3, -0.25) is 15.6 Å². The van der Waals surface area contributed by atoms with E-state index in [2.05, 4.69) is 30.0 Å². The van der Waals surface area contributed by atoms with Gasteiger partial charge >= 0.3 is 0 Å². The van der Waals surface area contributed by atoms with Gasteiger partial charge in [-0.25, -0.2) is 8.42 Å². The van der Waals surface area contributed by atoms with Crippen molar-refractivity contribution in [3.63, 3.8) is 0 Å². The highest BCUT2D eigenvalue weighted by molar-refractivity contribution is 7.91. The summed E-state index contributed by atoms with van der Waals surface area (Å²) in [6.07, 6.45) is 1.98. The first-order valence-corrected chi connectivity index (χ1v) is 11.4. The van der Waals surface area contributed by atoms with E-state index in [1.807, 2.05) is 0 Å². The summed E-state index contributed by atoms with van der Waals surface area (Å²) in [5, 5.41) is 5.17. The molecule has 1 fully saturated rings. The van der Waals surface area contributed by atoms with Crippen molar-refractivity contribution in [2.45, 2.75) is 37.3 Å². The molecular weight excluding hydrogens is 392 g/mol. The molecule has 0 radical (unpaired) electrons. The van der Waals surface area contributed by atoms with Gasteiger partial charge in [-0.2, -0.15) is 4.31 Å². The number of sulfonamides is 1. The van der Waals surface area contributed by atoms with Gasteiger partial charge in [0.1, 0.15) is 4.21 Å². The first-order chi connectivity index (χ1) is 12.3. The summed E-state index contributed by atoms with van der Waals surface area (Å²) in [6.45, 7) is 5.69. The number of thiocarbonyl (C=S) groups is 1. The van der Waals surface area contributed by atoms with E-state index in [0.717, 1.165) is 13.0 Å². The number of thiophene rings is 1. The minimum atomic E-state index is -3.44. The van der Waals surface area contributed by atoms with Crippen molar-refractivity contribution in [1.82, 2.24) is 20.5 Å². The Morgan fingerprint density at radius 3 is 2.62 bits per heavy atom. The Labute approximate surface area is 164 Å². The minimum Gasteiger partial charge on any atom is -0.361 e. The molecule has 26 heavy (non-hydrogen) atoms. The molecule has 0 aromatic carbocycles. The van der Waals surface area contributed by atoms with Crippen LogP contribution in [0.3, 0.4) is 0 Å². The molecule has 0 bridgehead atoms. The standard InChI is InChI=1S/C16H26N4O3S3/c1-12(2)5-8-17-16(24)19-18-15(21)13-6-9-20(10-7-13)26(22,23)14-4-3-11-25-14/h3-4,11-13H,5-10H2,1-2H3,(H,18,21)(H2,17,19,24). The van der Waals surface area contributed by atoms with Crippen molar-refractivity contribution in [2.75, 3.05) is 19.6 Å². The quantitative estimate of drug-likeness (QED) is 0.481. The van der Waals surface area contributed by atoms with Crippen LogP contribution in [0, 0.1) is 11.8 Å². The number of rotatable bonds is 6. The summed E-state index contributed by atoms with van der Waals surface area (Å²) in [7, 11) is -3.44. The second kappa shape index (κ2) is 9.63. The van der Waals surface area contributed by atoms with Crippen molar-refractivity contribution in [2.24, 2.45) is 11.8 Å². The van der Waals surface area contributed by atoms with E-state index in [-0.39, 0.29) is 11.8 Å². The third-order valence-corrected chi connectivity index (χ3v) is 7.74. The lowest BCUT2D eigenvalue weighted by Crippen LogP contribution is -2.50. The summed E-state index contributed by atoms with van der Waals surface area (Å²) >= 11 is 6.33. The van der Waals surface area contributed by atoms with Crippen LogP contribution in [0.25, 0.3) is 0 Å². The van der Waals surface area contributed by atoms with Crippen LogP contribution in [0.1, 0.15) is 33.1 Å². The molecule has 10 heteroatoms. The molecule has 7 nitrogen and oxygen atoms in total. The van der Waals surface area contributed by atoms with Crippen LogP contribution in [0.5, 0.6) is 0 Å². The van der Waals surface area contributed by atoms with Gasteiger partial charge in [0.2, 0.25) is 5.91 Å². The molecule has 3 N–H and O–H groups in total. The molecule has 0 spiro atoms. The number of amides is 1. The molecule has 1 aromatic rings. The Hall–Kier alpha value is -1.23. The number of hydrogen-bond acceptors (Lipinski definition) is 5. The fourth-order valence-corrected chi connectivity index (χ4v) is 5.40. The number of nitrogens with one attached hydrogen (secondary N) is 3. The van der Waals surface area contributed by atoms with Gasteiger partial charge in [-0.15, -0.1) is 11.3 Å². The average molecular weight is 419 g/mol. The number of carbonyl (C=O) groups excluding carboxylic acids is 1. The van der Waals surface area contributed by atoms with Gasteiger partial charge in [0, 0.05) is 25.6 Å². The summed E-state index contributed by atoms with van der Waals surface area (Å²) in [6, 6.07) is 3.33. The van der Waals surface area contributed by atoms with Crippen molar-refractivity contribution in [3.8, 4) is 0 Å². The summed E-state index contributed by atoms with van der Waals surface area (Å²) < 4.78 is 26.8. The van der Waals surface area contributed by atoms with Crippen LogP contribution in [-0.2, 0) is 14.8 Å². The highest BCUT2D eigenvalue weighted by atomic mass is 32.2. The van der Waals surface area contributed by atoms with E-state index in [9.17, 15) is 13.2 Å². The molecular formula is C16H26N4O3S3. The summed E-state index contributed by atoms with van der Waals surface area (Å²) in [5.41, 5.74) is 5.32. The number of piperidine rings is 1. The Morgan fingerprint density at radius 1 is 1.35 bits per heavy atom. The van der Waals surface area contributed by atoms with Crippen molar-refractivity contribution in [3.05, 3.63) is 17.5 Å². The molecule has 0 aliphatic carbocycles. The Kier molecular flexibility index (Phi) is 7.81. The van der Waals surface area contributed by atoms with E-state index in [0.29, 0.717) is 41.2 Å². The maximum absolute atomic E-state index is 12.5. The molecule has 0 unspecified atom stereocenters. The van der Waals surface area contributed by atoms with Crippen LogP contribution in [-0.4, -0.2) is 43.4 Å². The van der Waals surface area contributed by atoms with E-state index >= 15 is 0 Å². The lowest BCUT2D eigenvalue weighted by atomic mass is 9.98. The molecule has 0 atom stereocenters. The molecule has 146 valence electrons. The molecule has 2 heterocycles. The Morgan fingerprint density at radius 2 is 2.04 bits per heavy atom. The lowest BCUT2D eigenvalue weighted by molar-refractivity contribution is -0.126. The van der Waals surface area contributed by atoms with Gasteiger partial charge in [-0.05, 0) is 48.8 Å². The van der Waals surface area contributed by atoms with Crippen LogP contribution >= 0.6 is 23.6 Å².